The minimum absolute atomic E-state index is 0.0467. The molecule has 7 heteroatoms. The molecule has 1 aliphatic rings. The third kappa shape index (κ3) is 5.78. The first-order valence-electron chi connectivity index (χ1n) is 10.4. The Hall–Kier alpha value is -1.96. The number of H-pyrrole nitrogens is 1. The lowest BCUT2D eigenvalue weighted by Gasteiger charge is -2.32. The van der Waals surface area contributed by atoms with Gasteiger partial charge in [-0.25, -0.2) is 0 Å². The Bertz CT molecular complexity index is 892. The number of aromatic amines is 1. The first kappa shape index (κ1) is 21.7. The molecule has 6 nitrogen and oxygen atoms in total. The van der Waals surface area contributed by atoms with E-state index in [1.54, 1.807) is 0 Å². The van der Waals surface area contributed by atoms with Crippen molar-refractivity contribution in [2.45, 2.75) is 39.8 Å². The zero-order valence-electron chi connectivity index (χ0n) is 17.7. The number of para-hydroxylation sites is 1. The summed E-state index contributed by atoms with van der Waals surface area (Å²) in [5, 5.41) is 5.16. The molecule has 2 N–H and O–H groups in total. The van der Waals surface area contributed by atoms with Crippen LogP contribution in [0.2, 0.25) is 0 Å². The van der Waals surface area contributed by atoms with Crippen molar-refractivity contribution in [3.63, 3.8) is 0 Å². The molecule has 0 unspecified atom stereocenters. The van der Waals surface area contributed by atoms with Crippen molar-refractivity contribution in [3.05, 3.63) is 45.7 Å². The van der Waals surface area contributed by atoms with Gasteiger partial charge in [-0.3, -0.25) is 9.69 Å². The van der Waals surface area contributed by atoms with E-state index in [0.29, 0.717) is 17.7 Å². The van der Waals surface area contributed by atoms with E-state index in [1.165, 1.54) is 0 Å². The van der Waals surface area contributed by atoms with Gasteiger partial charge in [-0.2, -0.15) is 0 Å². The van der Waals surface area contributed by atoms with Crippen LogP contribution in [0.3, 0.4) is 0 Å². The van der Waals surface area contributed by atoms with Gasteiger partial charge in [0.2, 0.25) is 0 Å². The number of ether oxygens (including phenoxy) is 1. The highest BCUT2D eigenvalue weighted by Gasteiger charge is 2.17. The van der Waals surface area contributed by atoms with E-state index in [2.05, 4.69) is 33.9 Å². The Balaban J connectivity index is 1.79. The number of pyridine rings is 1. The highest BCUT2D eigenvalue weighted by atomic mass is 32.1. The summed E-state index contributed by atoms with van der Waals surface area (Å²) in [4.78, 5) is 20.3. The molecule has 1 atom stereocenters. The van der Waals surface area contributed by atoms with Crippen LogP contribution in [0.5, 0.6) is 0 Å². The fourth-order valence-corrected chi connectivity index (χ4v) is 3.85. The molecule has 3 rings (SSSR count). The number of thiocarbonyl (C=S) groups is 1. The van der Waals surface area contributed by atoms with E-state index in [-0.39, 0.29) is 5.56 Å². The SMILES string of the molecule is CC[C@H](C)NC(=S)N(CCN1CCOCC1)Cc1cc2cccc(C)c2[nH]c1=O. The topological polar surface area (TPSA) is 60.6 Å². The van der Waals surface area contributed by atoms with Crippen LogP contribution in [0.25, 0.3) is 10.9 Å². The van der Waals surface area contributed by atoms with Gasteiger partial charge >= 0.3 is 0 Å². The molecule has 1 saturated heterocycles. The maximum absolute atomic E-state index is 12.8. The molecule has 1 fully saturated rings. The Morgan fingerprint density at radius 3 is 2.86 bits per heavy atom. The first-order chi connectivity index (χ1) is 14.0. The Kier molecular flexibility index (Phi) is 7.64. The lowest BCUT2D eigenvalue weighted by Crippen LogP contribution is -2.48. The van der Waals surface area contributed by atoms with E-state index < -0.39 is 0 Å². The second-order valence-corrected chi connectivity index (χ2v) is 8.18. The minimum Gasteiger partial charge on any atom is -0.379 e. The fourth-order valence-electron chi connectivity index (χ4n) is 3.50. The maximum Gasteiger partial charge on any atom is 0.253 e. The fraction of sp³-hybridized carbons (Fsp3) is 0.545. The highest BCUT2D eigenvalue weighted by Crippen LogP contribution is 2.16. The molecule has 158 valence electrons. The Labute approximate surface area is 178 Å². The molecule has 0 aliphatic carbocycles. The van der Waals surface area contributed by atoms with Crippen LogP contribution in [0.15, 0.2) is 29.1 Å². The third-order valence-electron chi connectivity index (χ3n) is 5.59. The second kappa shape index (κ2) is 10.2. The normalized spacial score (nSPS) is 16.0. The Morgan fingerprint density at radius 1 is 1.38 bits per heavy atom. The van der Waals surface area contributed by atoms with Crippen molar-refractivity contribution in [1.29, 1.82) is 0 Å². The van der Waals surface area contributed by atoms with Crippen molar-refractivity contribution in [2.75, 3.05) is 39.4 Å². The van der Waals surface area contributed by atoms with E-state index in [1.807, 2.05) is 31.2 Å². The number of morpholine rings is 1. The minimum atomic E-state index is -0.0467. The molecule has 1 aromatic heterocycles. The summed E-state index contributed by atoms with van der Waals surface area (Å²) >= 11 is 5.70. The van der Waals surface area contributed by atoms with Crippen molar-refractivity contribution in [3.8, 4) is 0 Å². The van der Waals surface area contributed by atoms with E-state index in [4.69, 9.17) is 17.0 Å². The molecule has 2 aromatic rings. The zero-order valence-corrected chi connectivity index (χ0v) is 18.5. The van der Waals surface area contributed by atoms with E-state index in [0.717, 1.165) is 67.8 Å². The van der Waals surface area contributed by atoms with Crippen LogP contribution in [0.1, 0.15) is 31.4 Å². The number of hydrogen-bond donors (Lipinski definition) is 2. The van der Waals surface area contributed by atoms with E-state index in [9.17, 15) is 4.79 Å². The number of benzene rings is 1. The molecule has 0 bridgehead atoms. The summed E-state index contributed by atoms with van der Waals surface area (Å²) in [5.41, 5.74) is 2.67. The van der Waals surface area contributed by atoms with Crippen molar-refractivity contribution in [1.82, 2.24) is 20.1 Å². The summed E-state index contributed by atoms with van der Waals surface area (Å²) in [5.74, 6) is 0. The van der Waals surface area contributed by atoms with Crippen molar-refractivity contribution < 1.29 is 4.74 Å². The standard InChI is InChI=1S/C22H32N4O2S/c1-4-17(3)23-22(29)26(9-8-25-10-12-28-13-11-25)15-19-14-18-7-5-6-16(2)20(18)24-21(19)27/h5-7,14,17H,4,8-13,15H2,1-3H3,(H,23,29)(H,24,27)/t17-/m0/s1. The highest BCUT2D eigenvalue weighted by molar-refractivity contribution is 7.80. The molecule has 1 aliphatic heterocycles. The molecule has 1 aromatic carbocycles. The summed E-state index contributed by atoms with van der Waals surface area (Å²) in [6, 6.07) is 8.36. The Morgan fingerprint density at radius 2 is 2.14 bits per heavy atom. The molecular weight excluding hydrogens is 384 g/mol. The predicted molar refractivity (Wildman–Crippen MR) is 122 cm³/mol. The summed E-state index contributed by atoms with van der Waals surface area (Å²) in [6.45, 7) is 11.9. The van der Waals surface area contributed by atoms with Gasteiger partial charge in [0.05, 0.1) is 25.3 Å². The van der Waals surface area contributed by atoms with Crippen LogP contribution in [-0.4, -0.2) is 65.3 Å². The average Bonchev–Trinajstić information content (AvgIpc) is 2.72. The van der Waals surface area contributed by atoms with Gasteiger partial charge in [-0.1, -0.05) is 25.1 Å². The van der Waals surface area contributed by atoms with Crippen molar-refractivity contribution in [2.24, 2.45) is 0 Å². The van der Waals surface area contributed by atoms with Crippen LogP contribution in [0, 0.1) is 6.92 Å². The monoisotopic (exact) mass is 416 g/mol. The number of aromatic nitrogens is 1. The van der Waals surface area contributed by atoms with Gasteiger partial charge in [0.25, 0.3) is 5.56 Å². The summed E-state index contributed by atoms with van der Waals surface area (Å²) in [6.07, 6.45) is 0.993. The molecular formula is C22H32N4O2S. The van der Waals surface area contributed by atoms with Gasteiger partial charge in [0.1, 0.15) is 0 Å². The number of nitrogens with zero attached hydrogens (tertiary/aromatic N) is 2. The third-order valence-corrected chi connectivity index (χ3v) is 5.96. The van der Waals surface area contributed by atoms with Crippen LogP contribution < -0.4 is 10.9 Å². The van der Waals surface area contributed by atoms with Gasteiger partial charge in [-0.15, -0.1) is 0 Å². The summed E-state index contributed by atoms with van der Waals surface area (Å²) < 4.78 is 5.44. The lowest BCUT2D eigenvalue weighted by atomic mass is 10.1. The summed E-state index contributed by atoms with van der Waals surface area (Å²) in [7, 11) is 0. The molecule has 0 amide bonds. The van der Waals surface area contributed by atoms with Gasteiger partial charge < -0.3 is 19.9 Å². The number of hydrogen-bond acceptors (Lipinski definition) is 4. The van der Waals surface area contributed by atoms with Crippen LogP contribution in [-0.2, 0) is 11.3 Å². The first-order valence-corrected chi connectivity index (χ1v) is 10.9. The maximum atomic E-state index is 12.8. The molecule has 29 heavy (non-hydrogen) atoms. The molecule has 0 radical (unpaired) electrons. The van der Waals surface area contributed by atoms with Gasteiger partial charge in [-0.05, 0) is 49.5 Å². The number of rotatable bonds is 7. The number of nitrogens with one attached hydrogen (secondary N) is 2. The van der Waals surface area contributed by atoms with Crippen LogP contribution in [0.4, 0.5) is 0 Å². The largest absolute Gasteiger partial charge is 0.379 e. The lowest BCUT2D eigenvalue weighted by molar-refractivity contribution is 0.0357. The van der Waals surface area contributed by atoms with E-state index >= 15 is 0 Å². The zero-order chi connectivity index (χ0) is 20.8. The average molecular weight is 417 g/mol. The quantitative estimate of drug-likeness (QED) is 0.677. The molecule has 0 saturated carbocycles. The number of fused-ring (bicyclic) bond motifs is 1. The number of aryl methyl sites for hydroxylation is 1. The second-order valence-electron chi connectivity index (χ2n) is 7.80. The molecule has 2 heterocycles. The van der Waals surface area contributed by atoms with Gasteiger partial charge in [0.15, 0.2) is 5.11 Å². The predicted octanol–water partition coefficient (Wildman–Crippen LogP) is 2.64. The van der Waals surface area contributed by atoms with Crippen molar-refractivity contribution >= 4 is 28.2 Å². The van der Waals surface area contributed by atoms with Crippen LogP contribution >= 0.6 is 12.2 Å². The smallest absolute Gasteiger partial charge is 0.253 e. The molecule has 0 spiro atoms. The van der Waals surface area contributed by atoms with Gasteiger partial charge in [0, 0.05) is 37.8 Å².